The zero-order valence-electron chi connectivity index (χ0n) is 10.9. The third kappa shape index (κ3) is 1.87. The molecule has 1 aromatic heterocycles. The lowest BCUT2D eigenvalue weighted by molar-refractivity contribution is -0.143. The Balaban J connectivity index is 2.10. The van der Waals surface area contributed by atoms with Gasteiger partial charge in [0.25, 0.3) is 0 Å². The van der Waals surface area contributed by atoms with Crippen molar-refractivity contribution >= 4 is 34.6 Å². The van der Waals surface area contributed by atoms with Crippen LogP contribution in [0.1, 0.15) is 17.3 Å². The van der Waals surface area contributed by atoms with Crippen LogP contribution in [0.2, 0.25) is 0 Å². The third-order valence-corrected chi connectivity index (χ3v) is 3.19. The second kappa shape index (κ2) is 4.85. The Morgan fingerprint density at radius 1 is 1.35 bits per heavy atom. The van der Waals surface area contributed by atoms with Crippen molar-refractivity contribution < 1.29 is 14.3 Å². The predicted molar refractivity (Wildman–Crippen MR) is 74.3 cm³/mol. The van der Waals surface area contributed by atoms with E-state index in [1.165, 1.54) is 6.21 Å². The second-order valence-corrected chi connectivity index (χ2v) is 4.41. The zero-order chi connectivity index (χ0) is 14.1. The van der Waals surface area contributed by atoms with E-state index in [0.717, 1.165) is 5.39 Å². The van der Waals surface area contributed by atoms with Crippen LogP contribution in [0, 0.1) is 5.92 Å². The van der Waals surface area contributed by atoms with Crippen molar-refractivity contribution in [2.24, 2.45) is 10.9 Å². The number of ketones is 1. The number of pyridine rings is 1. The molecule has 20 heavy (non-hydrogen) atoms. The van der Waals surface area contributed by atoms with Gasteiger partial charge in [0.05, 0.1) is 17.8 Å². The summed E-state index contributed by atoms with van der Waals surface area (Å²) in [4.78, 5) is 32.6. The molecule has 1 aliphatic rings. The van der Waals surface area contributed by atoms with E-state index in [4.69, 9.17) is 4.74 Å². The molecule has 1 unspecified atom stereocenters. The van der Waals surface area contributed by atoms with Gasteiger partial charge < -0.3 is 4.74 Å². The maximum atomic E-state index is 12.4. The average molecular weight is 268 g/mol. The van der Waals surface area contributed by atoms with E-state index in [9.17, 15) is 9.59 Å². The lowest BCUT2D eigenvalue weighted by atomic mass is 9.93. The van der Waals surface area contributed by atoms with E-state index in [2.05, 4.69) is 9.98 Å². The number of Topliss-reactive ketones (excluding diaryl/α,β-unsaturated/α-hetero) is 1. The van der Waals surface area contributed by atoms with Crippen molar-refractivity contribution in [1.82, 2.24) is 4.98 Å². The normalized spacial score (nSPS) is 17.1. The van der Waals surface area contributed by atoms with Crippen LogP contribution in [-0.2, 0) is 9.53 Å². The van der Waals surface area contributed by atoms with Gasteiger partial charge in [-0.2, -0.15) is 0 Å². The molecule has 5 nitrogen and oxygen atoms in total. The van der Waals surface area contributed by atoms with Crippen LogP contribution < -0.4 is 0 Å². The molecule has 0 fully saturated rings. The number of aliphatic imine (C=N–C) groups is 1. The maximum Gasteiger partial charge on any atom is 0.322 e. The van der Waals surface area contributed by atoms with Crippen molar-refractivity contribution in [2.75, 3.05) is 6.61 Å². The molecule has 0 saturated carbocycles. The first-order valence-corrected chi connectivity index (χ1v) is 6.35. The van der Waals surface area contributed by atoms with Crippen molar-refractivity contribution in [1.29, 1.82) is 0 Å². The second-order valence-electron chi connectivity index (χ2n) is 4.41. The summed E-state index contributed by atoms with van der Waals surface area (Å²) in [6.45, 7) is 1.94. The molecule has 3 rings (SSSR count). The zero-order valence-corrected chi connectivity index (χ0v) is 10.9. The third-order valence-electron chi connectivity index (χ3n) is 3.19. The number of esters is 1. The number of hydrogen-bond acceptors (Lipinski definition) is 5. The monoisotopic (exact) mass is 268 g/mol. The highest BCUT2D eigenvalue weighted by Gasteiger charge is 2.32. The molecule has 0 saturated heterocycles. The summed E-state index contributed by atoms with van der Waals surface area (Å²) in [7, 11) is 0. The summed E-state index contributed by atoms with van der Waals surface area (Å²) < 4.78 is 4.89. The summed E-state index contributed by atoms with van der Waals surface area (Å²) in [6.07, 6.45) is 3.00. The van der Waals surface area contributed by atoms with Crippen molar-refractivity contribution in [3.8, 4) is 0 Å². The SMILES string of the molecule is CCOC(=O)C1C=Nc2c(ccc3cccnc23)C1=O. The van der Waals surface area contributed by atoms with Crippen LogP contribution in [0.25, 0.3) is 10.9 Å². The number of ether oxygens (including phenoxy) is 1. The molecule has 0 N–H and O–H groups in total. The minimum Gasteiger partial charge on any atom is -0.465 e. The predicted octanol–water partition coefficient (Wildman–Crippen LogP) is 2.31. The number of carbonyl (C=O) groups is 2. The van der Waals surface area contributed by atoms with Gasteiger partial charge in [0.15, 0.2) is 11.7 Å². The topological polar surface area (TPSA) is 68.6 Å². The van der Waals surface area contributed by atoms with Crippen molar-refractivity contribution in [2.45, 2.75) is 6.92 Å². The minimum absolute atomic E-state index is 0.239. The summed E-state index contributed by atoms with van der Waals surface area (Å²) in [5.74, 6) is -1.81. The van der Waals surface area contributed by atoms with Crippen LogP contribution in [0.4, 0.5) is 5.69 Å². The van der Waals surface area contributed by atoms with E-state index in [1.54, 1.807) is 19.2 Å². The molecule has 0 aliphatic carbocycles. The fraction of sp³-hybridized carbons (Fsp3) is 0.200. The van der Waals surface area contributed by atoms with E-state index >= 15 is 0 Å². The van der Waals surface area contributed by atoms with Crippen LogP contribution in [0.5, 0.6) is 0 Å². The average Bonchev–Trinajstić information content (AvgIpc) is 2.47. The summed E-state index contributed by atoms with van der Waals surface area (Å²) in [6, 6.07) is 7.22. The molecule has 100 valence electrons. The molecule has 0 spiro atoms. The first-order chi connectivity index (χ1) is 9.72. The van der Waals surface area contributed by atoms with Gasteiger partial charge in [0, 0.05) is 23.4 Å². The highest BCUT2D eigenvalue weighted by atomic mass is 16.5. The Morgan fingerprint density at radius 3 is 3.00 bits per heavy atom. The quantitative estimate of drug-likeness (QED) is 0.619. The highest BCUT2D eigenvalue weighted by molar-refractivity contribution is 6.24. The largest absolute Gasteiger partial charge is 0.465 e. The van der Waals surface area contributed by atoms with Gasteiger partial charge in [0.2, 0.25) is 0 Å². The summed E-state index contributed by atoms with van der Waals surface area (Å²) >= 11 is 0. The van der Waals surface area contributed by atoms with E-state index in [-0.39, 0.29) is 12.4 Å². The molecular weight excluding hydrogens is 256 g/mol. The fourth-order valence-corrected chi connectivity index (χ4v) is 2.24. The van der Waals surface area contributed by atoms with Crippen molar-refractivity contribution in [3.63, 3.8) is 0 Å². The van der Waals surface area contributed by atoms with Crippen LogP contribution >= 0.6 is 0 Å². The van der Waals surface area contributed by atoms with E-state index in [0.29, 0.717) is 16.8 Å². The first-order valence-electron chi connectivity index (χ1n) is 6.35. The van der Waals surface area contributed by atoms with Gasteiger partial charge in [-0.1, -0.05) is 12.1 Å². The van der Waals surface area contributed by atoms with Gasteiger partial charge in [-0.3, -0.25) is 19.6 Å². The van der Waals surface area contributed by atoms with Gasteiger partial charge >= 0.3 is 5.97 Å². The smallest absolute Gasteiger partial charge is 0.322 e. The molecule has 1 aromatic carbocycles. The Bertz CT molecular complexity index is 737. The molecular formula is C15H12N2O3. The van der Waals surface area contributed by atoms with Gasteiger partial charge in [-0.05, 0) is 19.1 Å². The van der Waals surface area contributed by atoms with Gasteiger partial charge in [-0.25, -0.2) is 0 Å². The van der Waals surface area contributed by atoms with Crippen LogP contribution in [0.3, 0.4) is 0 Å². The van der Waals surface area contributed by atoms with Crippen molar-refractivity contribution in [3.05, 3.63) is 36.0 Å². The van der Waals surface area contributed by atoms with Crippen LogP contribution in [0.15, 0.2) is 35.5 Å². The van der Waals surface area contributed by atoms with E-state index < -0.39 is 11.9 Å². The molecule has 0 bridgehead atoms. The summed E-state index contributed by atoms with van der Waals surface area (Å²) in [5.41, 5.74) is 1.60. The number of aromatic nitrogens is 1. The molecule has 0 amide bonds. The number of benzene rings is 1. The van der Waals surface area contributed by atoms with Gasteiger partial charge in [0.1, 0.15) is 0 Å². The number of hydrogen-bond donors (Lipinski definition) is 0. The Labute approximate surface area is 115 Å². The number of rotatable bonds is 2. The molecule has 2 aromatic rings. The highest BCUT2D eigenvalue weighted by Crippen LogP contribution is 2.33. The Kier molecular flexibility index (Phi) is 3.02. The number of nitrogens with zero attached hydrogens (tertiary/aromatic N) is 2. The molecule has 1 aliphatic heterocycles. The Morgan fingerprint density at radius 2 is 2.20 bits per heavy atom. The molecule has 5 heteroatoms. The standard InChI is InChI=1S/C15H12N2O3/c1-2-20-15(19)11-8-17-13-10(14(11)18)6-5-9-4-3-7-16-12(9)13/h3-8,11H,2H2,1H3. The van der Waals surface area contributed by atoms with E-state index in [1.807, 2.05) is 18.2 Å². The molecule has 0 radical (unpaired) electrons. The minimum atomic E-state index is -0.955. The summed E-state index contributed by atoms with van der Waals surface area (Å²) in [5, 5.41) is 0.908. The number of fused-ring (bicyclic) bond motifs is 3. The Hall–Kier alpha value is -2.56. The lowest BCUT2D eigenvalue weighted by Gasteiger charge is -2.17. The van der Waals surface area contributed by atoms with Gasteiger partial charge in [-0.15, -0.1) is 0 Å². The first kappa shape index (κ1) is 12.5. The fourth-order valence-electron chi connectivity index (χ4n) is 2.24. The molecule has 2 heterocycles. The van der Waals surface area contributed by atoms with Crippen LogP contribution in [-0.4, -0.2) is 29.6 Å². The molecule has 1 atom stereocenters. The lowest BCUT2D eigenvalue weighted by Crippen LogP contribution is -2.29. The maximum absolute atomic E-state index is 12.4. The number of carbonyl (C=O) groups excluding carboxylic acids is 2.